The number of aliphatic hydroxyl groups is 1. The fourth-order valence-corrected chi connectivity index (χ4v) is 2.42. The predicted octanol–water partition coefficient (Wildman–Crippen LogP) is 2.00. The minimum Gasteiger partial charge on any atom is -0.392 e. The van der Waals surface area contributed by atoms with E-state index in [1.165, 1.54) is 6.08 Å². The Hall–Kier alpha value is -3.29. The van der Waals surface area contributed by atoms with E-state index >= 15 is 0 Å². The van der Waals surface area contributed by atoms with E-state index in [2.05, 4.69) is 10.3 Å². The molecule has 0 aliphatic carbocycles. The second kappa shape index (κ2) is 8.19. The molecule has 3 aromatic rings. The number of benzene rings is 2. The molecule has 26 heavy (non-hydrogen) atoms. The largest absolute Gasteiger partial charge is 0.392 e. The van der Waals surface area contributed by atoms with Crippen LogP contribution < -0.4 is 5.48 Å². The summed E-state index contributed by atoms with van der Waals surface area (Å²) in [4.78, 5) is 11.0. The summed E-state index contributed by atoms with van der Waals surface area (Å²) in [6.07, 6.45) is 4.73. The predicted molar refractivity (Wildman–Crippen MR) is 95.9 cm³/mol. The number of nitrogens with zero attached hydrogens (tertiary/aromatic N) is 3. The van der Waals surface area contributed by atoms with Gasteiger partial charge in [0.25, 0.3) is 5.91 Å². The van der Waals surface area contributed by atoms with Crippen molar-refractivity contribution in [3.05, 3.63) is 77.5 Å². The molecule has 2 aromatic carbocycles. The maximum Gasteiger partial charge on any atom is 0.267 e. The standard InChI is InChI=1S/C19H18N4O3/c24-13-16-5-8-17(9-6-16)18-12-23(22-20-18)11-15-3-1-14(2-4-15)7-10-19(25)21-26/h1-10,12,24,26H,11,13H2,(H,21,25)/b10-7+. The zero-order valence-corrected chi connectivity index (χ0v) is 13.9. The summed E-state index contributed by atoms with van der Waals surface area (Å²) in [5.74, 6) is -0.573. The molecular formula is C19H18N4O3. The van der Waals surface area contributed by atoms with E-state index < -0.39 is 5.91 Å². The van der Waals surface area contributed by atoms with Crippen molar-refractivity contribution in [1.82, 2.24) is 20.5 Å². The molecule has 3 N–H and O–H groups in total. The van der Waals surface area contributed by atoms with Gasteiger partial charge >= 0.3 is 0 Å². The van der Waals surface area contributed by atoms with Crippen molar-refractivity contribution in [2.45, 2.75) is 13.2 Å². The summed E-state index contributed by atoms with van der Waals surface area (Å²) >= 11 is 0. The molecule has 7 heteroatoms. The highest BCUT2D eigenvalue weighted by atomic mass is 16.5. The number of aliphatic hydroxyl groups excluding tert-OH is 1. The summed E-state index contributed by atoms with van der Waals surface area (Å²) in [6, 6.07) is 15.2. The van der Waals surface area contributed by atoms with Gasteiger partial charge in [-0.15, -0.1) is 5.10 Å². The molecule has 0 bridgehead atoms. The number of hydroxylamine groups is 1. The molecule has 0 spiro atoms. The summed E-state index contributed by atoms with van der Waals surface area (Å²) < 4.78 is 1.75. The van der Waals surface area contributed by atoms with Gasteiger partial charge in [-0.05, 0) is 22.8 Å². The molecule has 0 unspecified atom stereocenters. The van der Waals surface area contributed by atoms with Crippen LogP contribution in [0, 0.1) is 0 Å². The summed E-state index contributed by atoms with van der Waals surface area (Å²) in [5, 5.41) is 25.9. The Kier molecular flexibility index (Phi) is 5.52. The Bertz CT molecular complexity index is 899. The number of nitrogens with one attached hydrogen (secondary N) is 1. The average Bonchev–Trinajstić information content (AvgIpc) is 3.15. The first kappa shape index (κ1) is 17.5. The third-order valence-electron chi connectivity index (χ3n) is 3.83. The summed E-state index contributed by atoms with van der Waals surface area (Å²) in [6.45, 7) is 0.589. The monoisotopic (exact) mass is 350 g/mol. The van der Waals surface area contributed by atoms with Crippen molar-refractivity contribution in [3.63, 3.8) is 0 Å². The number of rotatable bonds is 6. The third-order valence-corrected chi connectivity index (χ3v) is 3.83. The first-order valence-corrected chi connectivity index (χ1v) is 7.99. The van der Waals surface area contributed by atoms with Gasteiger partial charge in [0, 0.05) is 11.6 Å². The van der Waals surface area contributed by atoms with Gasteiger partial charge in [0.05, 0.1) is 19.3 Å². The van der Waals surface area contributed by atoms with Gasteiger partial charge in [0.1, 0.15) is 5.69 Å². The van der Waals surface area contributed by atoms with Crippen LogP contribution in [0.1, 0.15) is 16.7 Å². The van der Waals surface area contributed by atoms with E-state index in [9.17, 15) is 4.79 Å². The molecule has 3 rings (SSSR count). The van der Waals surface area contributed by atoms with E-state index in [1.54, 1.807) is 16.2 Å². The number of hydrogen-bond acceptors (Lipinski definition) is 5. The molecule has 132 valence electrons. The van der Waals surface area contributed by atoms with E-state index in [4.69, 9.17) is 10.3 Å². The molecule has 1 heterocycles. The molecule has 0 saturated carbocycles. The van der Waals surface area contributed by atoms with Crippen molar-refractivity contribution in [2.75, 3.05) is 0 Å². The molecule has 7 nitrogen and oxygen atoms in total. The number of hydrogen-bond donors (Lipinski definition) is 3. The minimum atomic E-state index is -0.573. The molecule has 0 radical (unpaired) electrons. The van der Waals surface area contributed by atoms with Gasteiger partial charge in [-0.3, -0.25) is 10.0 Å². The van der Waals surface area contributed by atoms with Crippen molar-refractivity contribution in [1.29, 1.82) is 0 Å². The van der Waals surface area contributed by atoms with Crippen LogP contribution in [0.25, 0.3) is 17.3 Å². The Labute approximate surface area is 150 Å². The van der Waals surface area contributed by atoms with Crippen LogP contribution in [0.2, 0.25) is 0 Å². The lowest BCUT2D eigenvalue weighted by Crippen LogP contribution is -2.14. The maximum atomic E-state index is 11.0. The van der Waals surface area contributed by atoms with Crippen LogP contribution >= 0.6 is 0 Å². The number of amides is 1. The second-order valence-electron chi connectivity index (χ2n) is 5.71. The van der Waals surface area contributed by atoms with Crippen LogP contribution in [0.15, 0.2) is 60.8 Å². The highest BCUT2D eigenvalue weighted by Crippen LogP contribution is 2.17. The number of aromatic nitrogens is 3. The summed E-state index contributed by atoms with van der Waals surface area (Å²) in [5.41, 5.74) is 6.00. The molecule has 0 saturated heterocycles. The maximum absolute atomic E-state index is 11.0. The first-order chi connectivity index (χ1) is 12.7. The third kappa shape index (κ3) is 4.41. The van der Waals surface area contributed by atoms with Crippen LogP contribution in [-0.4, -0.2) is 31.2 Å². The van der Waals surface area contributed by atoms with Crippen LogP contribution in [0.3, 0.4) is 0 Å². The van der Waals surface area contributed by atoms with E-state index in [1.807, 2.05) is 54.7 Å². The van der Waals surface area contributed by atoms with Crippen LogP contribution in [-0.2, 0) is 17.9 Å². The SMILES string of the molecule is O=C(/C=C/c1ccc(Cn2cc(-c3ccc(CO)cc3)nn2)cc1)NO. The Morgan fingerprint density at radius 2 is 1.77 bits per heavy atom. The Morgan fingerprint density at radius 1 is 1.08 bits per heavy atom. The molecular weight excluding hydrogens is 332 g/mol. The van der Waals surface area contributed by atoms with Crippen LogP contribution in [0.4, 0.5) is 0 Å². The fraction of sp³-hybridized carbons (Fsp3) is 0.105. The Morgan fingerprint density at radius 3 is 2.42 bits per heavy atom. The van der Waals surface area contributed by atoms with Gasteiger partial charge in [-0.1, -0.05) is 53.7 Å². The van der Waals surface area contributed by atoms with Gasteiger partial charge in [-0.2, -0.15) is 0 Å². The lowest BCUT2D eigenvalue weighted by atomic mass is 10.1. The number of carbonyl (C=O) groups is 1. The zero-order valence-electron chi connectivity index (χ0n) is 13.9. The topological polar surface area (TPSA) is 100 Å². The minimum absolute atomic E-state index is 0.0167. The van der Waals surface area contributed by atoms with E-state index in [0.717, 1.165) is 27.9 Å². The lowest BCUT2D eigenvalue weighted by molar-refractivity contribution is -0.124. The lowest BCUT2D eigenvalue weighted by Gasteiger charge is -2.02. The van der Waals surface area contributed by atoms with Gasteiger partial charge in [0.15, 0.2) is 0 Å². The van der Waals surface area contributed by atoms with Gasteiger partial charge in [0.2, 0.25) is 0 Å². The molecule has 1 amide bonds. The molecule has 0 atom stereocenters. The van der Waals surface area contributed by atoms with E-state index in [-0.39, 0.29) is 6.61 Å². The Balaban J connectivity index is 1.67. The average molecular weight is 350 g/mol. The van der Waals surface area contributed by atoms with Gasteiger partial charge < -0.3 is 5.11 Å². The first-order valence-electron chi connectivity index (χ1n) is 7.99. The van der Waals surface area contributed by atoms with Crippen molar-refractivity contribution in [2.24, 2.45) is 0 Å². The molecule has 0 aliphatic rings. The zero-order chi connectivity index (χ0) is 18.4. The van der Waals surface area contributed by atoms with E-state index in [0.29, 0.717) is 6.54 Å². The highest BCUT2D eigenvalue weighted by Gasteiger charge is 2.05. The quantitative estimate of drug-likeness (QED) is 0.359. The summed E-state index contributed by atoms with van der Waals surface area (Å²) in [7, 11) is 0. The van der Waals surface area contributed by atoms with Crippen LogP contribution in [0.5, 0.6) is 0 Å². The van der Waals surface area contributed by atoms with Crippen molar-refractivity contribution >= 4 is 12.0 Å². The highest BCUT2D eigenvalue weighted by molar-refractivity contribution is 5.90. The number of carbonyl (C=O) groups excluding carboxylic acids is 1. The second-order valence-corrected chi connectivity index (χ2v) is 5.71. The smallest absolute Gasteiger partial charge is 0.267 e. The molecule has 0 aliphatic heterocycles. The van der Waals surface area contributed by atoms with Gasteiger partial charge in [-0.25, -0.2) is 10.2 Å². The normalized spacial score (nSPS) is 11.0. The van der Waals surface area contributed by atoms with Crippen molar-refractivity contribution < 1.29 is 15.1 Å². The van der Waals surface area contributed by atoms with Crippen molar-refractivity contribution in [3.8, 4) is 11.3 Å². The fourth-order valence-electron chi connectivity index (χ4n) is 2.42. The molecule has 1 aromatic heterocycles. The molecule has 0 fully saturated rings.